The summed E-state index contributed by atoms with van der Waals surface area (Å²) in [6, 6.07) is 11.5. The lowest BCUT2D eigenvalue weighted by Gasteiger charge is -2.10. The number of nitrogens with one attached hydrogen (secondary N) is 2. The SMILES string of the molecule is CCCNC(=O)c1cccc(C(=NC)N=C(C)c2cn[nH]c2COc2ccc(C(F)(F)F)cc2)c1. The van der Waals surface area contributed by atoms with Crippen molar-refractivity contribution in [2.75, 3.05) is 13.6 Å². The smallest absolute Gasteiger partial charge is 0.416 e. The van der Waals surface area contributed by atoms with E-state index in [-0.39, 0.29) is 12.5 Å². The summed E-state index contributed by atoms with van der Waals surface area (Å²) >= 11 is 0. The number of rotatable bonds is 8. The summed E-state index contributed by atoms with van der Waals surface area (Å²) in [5, 5.41) is 9.73. The summed E-state index contributed by atoms with van der Waals surface area (Å²) in [6.45, 7) is 4.41. The molecule has 10 heteroatoms. The Morgan fingerprint density at radius 1 is 1.14 bits per heavy atom. The Morgan fingerprint density at radius 3 is 2.51 bits per heavy atom. The van der Waals surface area contributed by atoms with Gasteiger partial charge in [0.1, 0.15) is 12.4 Å². The summed E-state index contributed by atoms with van der Waals surface area (Å²) in [4.78, 5) is 21.2. The highest BCUT2D eigenvalue weighted by atomic mass is 19.4. The minimum absolute atomic E-state index is 0.0548. The number of H-pyrrole nitrogens is 1. The number of benzene rings is 2. The molecule has 1 heterocycles. The van der Waals surface area contributed by atoms with Crippen LogP contribution < -0.4 is 10.1 Å². The number of aromatic nitrogens is 2. The van der Waals surface area contributed by atoms with Gasteiger partial charge in [0.05, 0.1) is 23.2 Å². The first-order valence-electron chi connectivity index (χ1n) is 11.0. The molecule has 1 amide bonds. The van der Waals surface area contributed by atoms with E-state index in [9.17, 15) is 18.0 Å². The maximum Gasteiger partial charge on any atom is 0.416 e. The molecule has 3 rings (SSSR count). The molecule has 0 radical (unpaired) electrons. The average molecular weight is 486 g/mol. The van der Waals surface area contributed by atoms with Crippen molar-refractivity contribution in [3.63, 3.8) is 0 Å². The molecular weight excluding hydrogens is 459 g/mol. The highest BCUT2D eigenvalue weighted by Gasteiger charge is 2.30. The lowest BCUT2D eigenvalue weighted by molar-refractivity contribution is -0.137. The number of carbonyl (C=O) groups is 1. The van der Waals surface area contributed by atoms with E-state index >= 15 is 0 Å². The second kappa shape index (κ2) is 11.5. The fourth-order valence-electron chi connectivity index (χ4n) is 3.23. The number of aromatic amines is 1. The number of alkyl halides is 3. The summed E-state index contributed by atoms with van der Waals surface area (Å²) in [7, 11) is 1.61. The fourth-order valence-corrected chi connectivity index (χ4v) is 3.23. The second-order valence-corrected chi connectivity index (χ2v) is 7.65. The maximum absolute atomic E-state index is 12.7. The molecule has 1 aromatic heterocycles. The lowest BCUT2D eigenvalue weighted by Crippen LogP contribution is -2.24. The van der Waals surface area contributed by atoms with Crippen molar-refractivity contribution in [3.8, 4) is 5.75 Å². The summed E-state index contributed by atoms with van der Waals surface area (Å²) in [5.41, 5.74) is 2.34. The molecule has 3 aromatic rings. The molecule has 0 spiro atoms. The number of aliphatic imine (C=N–C) groups is 2. The quantitative estimate of drug-likeness (QED) is 0.346. The van der Waals surface area contributed by atoms with Gasteiger partial charge in [0.25, 0.3) is 5.91 Å². The van der Waals surface area contributed by atoms with Crippen LogP contribution in [0.3, 0.4) is 0 Å². The third-order valence-corrected chi connectivity index (χ3v) is 5.08. The van der Waals surface area contributed by atoms with Crippen molar-refractivity contribution in [2.24, 2.45) is 9.98 Å². The molecule has 7 nitrogen and oxygen atoms in total. The van der Waals surface area contributed by atoms with Gasteiger partial charge in [-0.05, 0) is 49.7 Å². The van der Waals surface area contributed by atoms with E-state index in [4.69, 9.17) is 4.74 Å². The lowest BCUT2D eigenvalue weighted by atomic mass is 10.1. The number of hydrogen-bond acceptors (Lipinski definition) is 4. The van der Waals surface area contributed by atoms with E-state index in [1.165, 1.54) is 12.1 Å². The van der Waals surface area contributed by atoms with Crippen LogP contribution in [-0.4, -0.2) is 41.2 Å². The van der Waals surface area contributed by atoms with Gasteiger partial charge in [-0.15, -0.1) is 0 Å². The first-order chi connectivity index (χ1) is 16.7. The van der Waals surface area contributed by atoms with E-state index < -0.39 is 11.7 Å². The molecule has 0 aliphatic rings. The summed E-state index contributed by atoms with van der Waals surface area (Å²) in [6.07, 6.45) is -1.97. The number of carbonyl (C=O) groups excluding carboxylic acids is 1. The van der Waals surface area contributed by atoms with E-state index in [0.29, 0.717) is 46.2 Å². The Labute approximate surface area is 201 Å². The predicted molar refractivity (Wildman–Crippen MR) is 128 cm³/mol. The van der Waals surface area contributed by atoms with Crippen molar-refractivity contribution in [1.82, 2.24) is 15.5 Å². The molecule has 0 aliphatic carbocycles. The van der Waals surface area contributed by atoms with Crippen LogP contribution in [-0.2, 0) is 12.8 Å². The van der Waals surface area contributed by atoms with Crippen molar-refractivity contribution >= 4 is 17.5 Å². The largest absolute Gasteiger partial charge is 0.487 e. The van der Waals surface area contributed by atoms with Crippen LogP contribution in [0.2, 0.25) is 0 Å². The summed E-state index contributed by atoms with van der Waals surface area (Å²) < 4.78 is 43.9. The topological polar surface area (TPSA) is 91.7 Å². The van der Waals surface area contributed by atoms with Gasteiger partial charge in [-0.2, -0.15) is 18.3 Å². The molecule has 0 atom stereocenters. The minimum Gasteiger partial charge on any atom is -0.487 e. The molecule has 0 aliphatic heterocycles. The van der Waals surface area contributed by atoms with Gasteiger partial charge in [0.15, 0.2) is 5.84 Å². The molecule has 35 heavy (non-hydrogen) atoms. The highest BCUT2D eigenvalue weighted by Crippen LogP contribution is 2.30. The van der Waals surface area contributed by atoms with Crippen LogP contribution in [0.5, 0.6) is 5.75 Å². The number of halogens is 3. The van der Waals surface area contributed by atoms with E-state index in [0.717, 1.165) is 18.6 Å². The van der Waals surface area contributed by atoms with Crippen LogP contribution in [0.25, 0.3) is 0 Å². The maximum atomic E-state index is 12.7. The zero-order chi connectivity index (χ0) is 25.4. The van der Waals surface area contributed by atoms with Gasteiger partial charge in [0.2, 0.25) is 0 Å². The zero-order valence-electron chi connectivity index (χ0n) is 19.6. The molecule has 0 saturated carbocycles. The fraction of sp³-hybridized carbons (Fsp3) is 0.280. The first kappa shape index (κ1) is 25.7. The molecule has 2 aromatic carbocycles. The molecule has 2 N–H and O–H groups in total. The van der Waals surface area contributed by atoms with Crippen LogP contribution in [0.1, 0.15) is 53.0 Å². The molecule has 0 fully saturated rings. The van der Waals surface area contributed by atoms with Gasteiger partial charge in [-0.25, -0.2) is 4.99 Å². The van der Waals surface area contributed by atoms with Gasteiger partial charge in [-0.3, -0.25) is 14.9 Å². The number of nitrogens with zero attached hydrogens (tertiary/aromatic N) is 3. The third kappa shape index (κ3) is 6.78. The molecule has 0 unspecified atom stereocenters. The monoisotopic (exact) mass is 485 g/mol. The molecule has 0 bridgehead atoms. The van der Waals surface area contributed by atoms with Gasteiger partial charge in [-0.1, -0.05) is 19.1 Å². The third-order valence-electron chi connectivity index (χ3n) is 5.08. The number of amides is 1. The van der Waals surface area contributed by atoms with Crippen LogP contribution >= 0.6 is 0 Å². The van der Waals surface area contributed by atoms with E-state index in [1.807, 2.05) is 13.0 Å². The van der Waals surface area contributed by atoms with Crippen molar-refractivity contribution < 1.29 is 22.7 Å². The van der Waals surface area contributed by atoms with Crippen LogP contribution in [0, 0.1) is 0 Å². The highest BCUT2D eigenvalue weighted by molar-refractivity contribution is 6.12. The van der Waals surface area contributed by atoms with Crippen molar-refractivity contribution in [1.29, 1.82) is 0 Å². The number of ether oxygens (including phenoxy) is 1. The Bertz CT molecular complexity index is 1210. The first-order valence-corrected chi connectivity index (χ1v) is 11.0. The molecule has 0 saturated heterocycles. The van der Waals surface area contributed by atoms with Gasteiger partial charge >= 0.3 is 6.18 Å². The molecule has 184 valence electrons. The average Bonchev–Trinajstić information content (AvgIpc) is 3.33. The zero-order valence-corrected chi connectivity index (χ0v) is 19.6. The minimum atomic E-state index is -4.40. The predicted octanol–water partition coefficient (Wildman–Crippen LogP) is 5.03. The number of hydrogen-bond donors (Lipinski definition) is 2. The Hall–Kier alpha value is -3.95. The van der Waals surface area contributed by atoms with E-state index in [1.54, 1.807) is 38.4 Å². The Kier molecular flexibility index (Phi) is 8.40. The van der Waals surface area contributed by atoms with Crippen molar-refractivity contribution in [2.45, 2.75) is 33.1 Å². The van der Waals surface area contributed by atoms with Crippen LogP contribution in [0.4, 0.5) is 13.2 Å². The van der Waals surface area contributed by atoms with E-state index in [2.05, 4.69) is 25.5 Å². The van der Waals surface area contributed by atoms with Crippen molar-refractivity contribution in [3.05, 3.63) is 82.7 Å². The Balaban J connectivity index is 1.74. The standard InChI is InChI=1S/C25H26F3N5O2/c1-4-12-30-24(34)18-7-5-6-17(13-18)23(29-3)32-16(2)21-14-31-33-22(21)15-35-20-10-8-19(9-11-20)25(26,27)28/h5-11,13-14H,4,12,15H2,1-3H3,(H,30,34)(H,31,33). The van der Waals surface area contributed by atoms with Gasteiger partial charge in [0, 0.05) is 30.3 Å². The van der Waals surface area contributed by atoms with Gasteiger partial charge < -0.3 is 10.1 Å². The summed E-state index contributed by atoms with van der Waals surface area (Å²) in [5.74, 6) is 0.563. The normalized spacial score (nSPS) is 12.5. The number of amidine groups is 1. The molecular formula is C25H26F3N5O2. The second-order valence-electron chi connectivity index (χ2n) is 7.65. The Morgan fingerprint density at radius 2 is 1.86 bits per heavy atom. The van der Waals surface area contributed by atoms with Crippen LogP contribution in [0.15, 0.2) is 64.7 Å².